The summed E-state index contributed by atoms with van der Waals surface area (Å²) in [4.78, 5) is 18.5. The minimum atomic E-state index is 0.0632. The van der Waals surface area contributed by atoms with E-state index >= 15 is 0 Å². The van der Waals surface area contributed by atoms with Crippen LogP contribution in [0.25, 0.3) is 0 Å². The summed E-state index contributed by atoms with van der Waals surface area (Å²) in [7, 11) is 2.13. The van der Waals surface area contributed by atoms with Crippen LogP contribution in [0.5, 0.6) is 0 Å². The first-order chi connectivity index (χ1) is 11.7. The Morgan fingerprint density at radius 1 is 1.38 bits per heavy atom. The first-order valence-corrected chi connectivity index (χ1v) is 9.38. The number of rotatable bonds is 5. The zero-order valence-electron chi connectivity index (χ0n) is 14.1. The van der Waals surface area contributed by atoms with E-state index in [1.807, 2.05) is 17.0 Å². The van der Waals surface area contributed by atoms with Crippen molar-refractivity contribution in [2.45, 2.75) is 30.3 Å². The quantitative estimate of drug-likeness (QED) is 0.777. The fraction of sp³-hybridized carbons (Fsp3) is 0.471. The zero-order valence-corrected chi connectivity index (χ0v) is 14.9. The van der Waals surface area contributed by atoms with Gasteiger partial charge >= 0.3 is 0 Å². The summed E-state index contributed by atoms with van der Waals surface area (Å²) in [6, 6.07) is 8.45. The molecular formula is C17H23N5OS. The van der Waals surface area contributed by atoms with Crippen LogP contribution in [-0.2, 0) is 11.3 Å². The molecule has 1 amide bonds. The van der Waals surface area contributed by atoms with Gasteiger partial charge < -0.3 is 9.80 Å². The SMILES string of the molecule is CSc1cccc(N(C(=O)Cn2ccnn2)C2CCN(C)CC2)c1. The Morgan fingerprint density at radius 2 is 2.17 bits per heavy atom. The summed E-state index contributed by atoms with van der Waals surface area (Å²) in [5.41, 5.74) is 0.974. The number of likely N-dealkylation sites (tertiary alicyclic amines) is 1. The Labute approximate surface area is 146 Å². The van der Waals surface area contributed by atoms with Crippen molar-refractivity contribution in [1.29, 1.82) is 0 Å². The fourth-order valence-corrected chi connectivity index (χ4v) is 3.56. The summed E-state index contributed by atoms with van der Waals surface area (Å²) in [5.74, 6) is 0.0632. The number of nitrogens with zero attached hydrogens (tertiary/aromatic N) is 5. The molecule has 0 radical (unpaired) electrons. The Hall–Kier alpha value is -1.86. The number of anilines is 1. The van der Waals surface area contributed by atoms with Gasteiger partial charge in [0.25, 0.3) is 0 Å². The van der Waals surface area contributed by atoms with Gasteiger partial charge in [0.2, 0.25) is 5.91 Å². The van der Waals surface area contributed by atoms with Gasteiger partial charge in [0.1, 0.15) is 6.54 Å². The topological polar surface area (TPSA) is 54.3 Å². The molecule has 1 saturated heterocycles. The highest BCUT2D eigenvalue weighted by Gasteiger charge is 2.28. The third-order valence-electron chi connectivity index (χ3n) is 4.42. The second kappa shape index (κ2) is 7.81. The minimum Gasteiger partial charge on any atom is -0.308 e. The summed E-state index contributed by atoms with van der Waals surface area (Å²) >= 11 is 1.69. The van der Waals surface area contributed by atoms with Crippen LogP contribution < -0.4 is 4.90 Å². The van der Waals surface area contributed by atoms with Gasteiger partial charge in [-0.05, 0) is 57.4 Å². The smallest absolute Gasteiger partial charge is 0.249 e. The predicted octanol–water partition coefficient (Wildman–Crippen LogP) is 2.13. The van der Waals surface area contributed by atoms with E-state index in [4.69, 9.17) is 0 Å². The molecule has 0 N–H and O–H groups in total. The van der Waals surface area contributed by atoms with E-state index < -0.39 is 0 Å². The molecule has 24 heavy (non-hydrogen) atoms. The van der Waals surface area contributed by atoms with Gasteiger partial charge in [-0.25, -0.2) is 4.68 Å². The third-order valence-corrected chi connectivity index (χ3v) is 5.15. The molecule has 0 spiro atoms. The zero-order chi connectivity index (χ0) is 16.9. The van der Waals surface area contributed by atoms with Gasteiger partial charge in [0.05, 0.1) is 6.20 Å². The van der Waals surface area contributed by atoms with Crippen LogP contribution in [0.4, 0.5) is 5.69 Å². The highest BCUT2D eigenvalue weighted by Crippen LogP contribution is 2.27. The number of thioether (sulfide) groups is 1. The number of hydrogen-bond donors (Lipinski definition) is 0. The average molecular weight is 345 g/mol. The average Bonchev–Trinajstić information content (AvgIpc) is 3.10. The van der Waals surface area contributed by atoms with E-state index in [-0.39, 0.29) is 18.5 Å². The van der Waals surface area contributed by atoms with Crippen LogP contribution in [0.2, 0.25) is 0 Å². The fourth-order valence-electron chi connectivity index (χ4n) is 3.10. The normalized spacial score (nSPS) is 16.2. The second-order valence-corrected chi connectivity index (χ2v) is 6.98. The molecule has 1 aromatic carbocycles. The van der Waals surface area contributed by atoms with Crippen molar-refractivity contribution in [2.24, 2.45) is 0 Å². The number of aromatic nitrogens is 3. The molecule has 1 aliphatic heterocycles. The molecule has 0 saturated carbocycles. The lowest BCUT2D eigenvalue weighted by Gasteiger charge is -2.37. The number of carbonyl (C=O) groups is 1. The van der Waals surface area contributed by atoms with E-state index in [9.17, 15) is 4.79 Å². The van der Waals surface area contributed by atoms with Crippen LogP contribution in [0, 0.1) is 0 Å². The number of amides is 1. The Bertz CT molecular complexity index is 667. The summed E-state index contributed by atoms with van der Waals surface area (Å²) in [6.07, 6.45) is 7.35. The second-order valence-electron chi connectivity index (χ2n) is 6.10. The van der Waals surface area contributed by atoms with E-state index in [2.05, 4.69) is 40.6 Å². The molecule has 6 nitrogen and oxygen atoms in total. The number of piperidine rings is 1. The van der Waals surface area contributed by atoms with Gasteiger partial charge in [0.15, 0.2) is 0 Å². The lowest BCUT2D eigenvalue weighted by Crippen LogP contribution is -2.48. The number of benzene rings is 1. The lowest BCUT2D eigenvalue weighted by atomic mass is 10.0. The van der Waals surface area contributed by atoms with E-state index in [0.29, 0.717) is 0 Å². The summed E-state index contributed by atoms with van der Waals surface area (Å²) < 4.78 is 1.59. The molecule has 0 atom stereocenters. The molecule has 0 unspecified atom stereocenters. The van der Waals surface area contributed by atoms with Crippen molar-refractivity contribution >= 4 is 23.4 Å². The van der Waals surface area contributed by atoms with Gasteiger partial charge in [-0.2, -0.15) is 0 Å². The molecule has 128 valence electrons. The molecule has 2 heterocycles. The Kier molecular flexibility index (Phi) is 5.52. The predicted molar refractivity (Wildman–Crippen MR) is 96.3 cm³/mol. The monoisotopic (exact) mass is 345 g/mol. The number of hydrogen-bond acceptors (Lipinski definition) is 5. The molecular weight excluding hydrogens is 322 g/mol. The molecule has 1 aliphatic rings. The van der Waals surface area contributed by atoms with Crippen molar-refractivity contribution in [1.82, 2.24) is 19.9 Å². The summed E-state index contributed by atoms with van der Waals surface area (Å²) in [6.45, 7) is 2.25. The molecule has 2 aromatic rings. The maximum Gasteiger partial charge on any atom is 0.249 e. The van der Waals surface area contributed by atoms with E-state index in [1.165, 1.54) is 4.90 Å². The maximum atomic E-state index is 13.0. The van der Waals surface area contributed by atoms with Crippen molar-refractivity contribution in [2.75, 3.05) is 31.3 Å². The van der Waals surface area contributed by atoms with Gasteiger partial charge in [-0.1, -0.05) is 11.3 Å². The molecule has 1 aromatic heterocycles. The Balaban J connectivity index is 1.86. The van der Waals surface area contributed by atoms with Crippen molar-refractivity contribution in [3.8, 4) is 0 Å². The van der Waals surface area contributed by atoms with Gasteiger partial charge in [-0.15, -0.1) is 16.9 Å². The van der Waals surface area contributed by atoms with Crippen molar-refractivity contribution < 1.29 is 4.79 Å². The van der Waals surface area contributed by atoms with Gasteiger partial charge in [0, 0.05) is 22.8 Å². The highest BCUT2D eigenvalue weighted by atomic mass is 32.2. The maximum absolute atomic E-state index is 13.0. The Morgan fingerprint density at radius 3 is 2.83 bits per heavy atom. The molecule has 1 fully saturated rings. The first kappa shape index (κ1) is 17.0. The molecule has 7 heteroatoms. The van der Waals surface area contributed by atoms with Gasteiger partial charge in [-0.3, -0.25) is 4.79 Å². The molecule has 0 bridgehead atoms. The molecule has 3 rings (SSSR count). The van der Waals surface area contributed by atoms with Crippen LogP contribution in [0.3, 0.4) is 0 Å². The minimum absolute atomic E-state index is 0.0632. The van der Waals surface area contributed by atoms with Crippen molar-refractivity contribution in [3.63, 3.8) is 0 Å². The van der Waals surface area contributed by atoms with E-state index in [0.717, 1.165) is 31.6 Å². The standard InChI is InChI=1S/C17H23N5OS/c1-20-9-6-14(7-10-20)22(15-4-3-5-16(12-15)24-2)17(23)13-21-11-8-18-19-21/h3-5,8,11-12,14H,6-7,9-10,13H2,1-2H3. The van der Waals surface area contributed by atoms with Crippen LogP contribution in [0.1, 0.15) is 12.8 Å². The summed E-state index contributed by atoms with van der Waals surface area (Å²) in [5, 5.41) is 7.72. The third kappa shape index (κ3) is 3.96. The largest absolute Gasteiger partial charge is 0.308 e. The molecule has 0 aliphatic carbocycles. The number of carbonyl (C=O) groups excluding carboxylic acids is 1. The highest BCUT2D eigenvalue weighted by molar-refractivity contribution is 7.98. The van der Waals surface area contributed by atoms with Crippen molar-refractivity contribution in [3.05, 3.63) is 36.7 Å². The lowest BCUT2D eigenvalue weighted by molar-refractivity contribution is -0.120. The van der Waals surface area contributed by atoms with Crippen LogP contribution in [-0.4, -0.2) is 58.2 Å². The van der Waals surface area contributed by atoms with E-state index in [1.54, 1.807) is 28.8 Å². The van der Waals surface area contributed by atoms with Crippen LogP contribution >= 0.6 is 11.8 Å². The first-order valence-electron chi connectivity index (χ1n) is 8.16. The van der Waals surface area contributed by atoms with Crippen LogP contribution in [0.15, 0.2) is 41.6 Å².